The molecule has 2 amide bonds. The maximum Gasteiger partial charge on any atom is 0.410 e. The zero-order chi connectivity index (χ0) is 22.7. The molecule has 168 valence electrons. The number of rotatable bonds is 5. The van der Waals surface area contributed by atoms with Gasteiger partial charge in [-0.15, -0.1) is 0 Å². The van der Waals surface area contributed by atoms with Crippen molar-refractivity contribution < 1.29 is 14.3 Å². The molecule has 1 aliphatic rings. The number of carbonyl (C=O) groups excluding carboxylic acids is 2. The zero-order valence-corrected chi connectivity index (χ0v) is 18.7. The molecular weight excluding hydrogens is 406 g/mol. The molecule has 0 unspecified atom stereocenters. The molecule has 1 aromatic carbocycles. The summed E-state index contributed by atoms with van der Waals surface area (Å²) in [6, 6.07) is 13.3. The second kappa shape index (κ2) is 8.98. The first kappa shape index (κ1) is 21.8. The summed E-state index contributed by atoms with van der Waals surface area (Å²) < 4.78 is 7.49. The molecule has 1 saturated heterocycles. The summed E-state index contributed by atoms with van der Waals surface area (Å²) >= 11 is 0. The molecule has 0 aliphatic carbocycles. The molecule has 1 N–H and O–H groups in total. The zero-order valence-electron chi connectivity index (χ0n) is 18.7. The number of likely N-dealkylation sites (tertiary alicyclic amines) is 1. The minimum Gasteiger partial charge on any atom is -0.444 e. The Bertz CT molecular complexity index is 1100. The highest BCUT2D eigenvalue weighted by molar-refractivity contribution is 5.86. The number of hydrogen-bond acceptors (Lipinski definition) is 5. The summed E-state index contributed by atoms with van der Waals surface area (Å²) in [4.78, 5) is 36.2. The molecule has 0 bridgehead atoms. The van der Waals surface area contributed by atoms with Gasteiger partial charge in [-0.3, -0.25) is 9.69 Å². The summed E-state index contributed by atoms with van der Waals surface area (Å²) in [5.41, 5.74) is 2.08. The number of hydrogen-bond donors (Lipinski definition) is 1. The molecule has 0 spiro atoms. The summed E-state index contributed by atoms with van der Waals surface area (Å²) in [5, 5.41) is 2.98. The van der Waals surface area contributed by atoms with E-state index in [9.17, 15) is 9.59 Å². The van der Waals surface area contributed by atoms with Gasteiger partial charge >= 0.3 is 6.09 Å². The summed E-state index contributed by atoms with van der Waals surface area (Å²) in [6.45, 7) is 6.83. The number of imidazole rings is 1. The van der Waals surface area contributed by atoms with Crippen molar-refractivity contribution >= 4 is 23.2 Å². The minimum atomic E-state index is -0.601. The number of aromatic nitrogens is 3. The molecule has 1 fully saturated rings. The number of benzene rings is 1. The van der Waals surface area contributed by atoms with E-state index in [2.05, 4.69) is 10.3 Å². The van der Waals surface area contributed by atoms with E-state index in [0.29, 0.717) is 19.5 Å². The van der Waals surface area contributed by atoms with Crippen molar-refractivity contribution in [1.29, 1.82) is 0 Å². The van der Waals surface area contributed by atoms with Crippen LogP contribution in [-0.4, -0.2) is 49.6 Å². The van der Waals surface area contributed by atoms with Crippen LogP contribution < -0.4 is 5.32 Å². The van der Waals surface area contributed by atoms with Crippen molar-refractivity contribution in [2.24, 2.45) is 0 Å². The number of amides is 2. The first-order valence-corrected chi connectivity index (χ1v) is 10.9. The quantitative estimate of drug-likeness (QED) is 0.663. The van der Waals surface area contributed by atoms with Crippen LogP contribution in [0, 0.1) is 0 Å². The lowest BCUT2D eigenvalue weighted by Crippen LogP contribution is -2.47. The lowest BCUT2D eigenvalue weighted by molar-refractivity contribution is -0.125. The fourth-order valence-corrected chi connectivity index (χ4v) is 3.93. The molecule has 3 heterocycles. The Morgan fingerprint density at radius 2 is 1.94 bits per heavy atom. The van der Waals surface area contributed by atoms with Crippen LogP contribution in [0.5, 0.6) is 0 Å². The Morgan fingerprint density at radius 3 is 2.69 bits per heavy atom. The molecule has 2 aromatic heterocycles. The molecule has 0 saturated carbocycles. The van der Waals surface area contributed by atoms with Crippen LogP contribution in [0.25, 0.3) is 11.2 Å². The Morgan fingerprint density at radius 1 is 1.16 bits per heavy atom. The van der Waals surface area contributed by atoms with Gasteiger partial charge in [0.15, 0.2) is 5.65 Å². The molecule has 32 heavy (non-hydrogen) atoms. The van der Waals surface area contributed by atoms with E-state index in [1.807, 2.05) is 67.8 Å². The van der Waals surface area contributed by atoms with E-state index in [4.69, 9.17) is 9.72 Å². The van der Waals surface area contributed by atoms with Crippen molar-refractivity contribution in [1.82, 2.24) is 24.8 Å². The Kier molecular flexibility index (Phi) is 6.12. The maximum atomic E-state index is 13.0. The maximum absolute atomic E-state index is 13.0. The lowest BCUT2D eigenvalue weighted by Gasteiger charge is -2.28. The first-order valence-electron chi connectivity index (χ1n) is 10.9. The van der Waals surface area contributed by atoms with Gasteiger partial charge in [-0.1, -0.05) is 30.3 Å². The van der Waals surface area contributed by atoms with E-state index >= 15 is 0 Å². The van der Waals surface area contributed by atoms with Crippen LogP contribution in [0.3, 0.4) is 0 Å². The van der Waals surface area contributed by atoms with Gasteiger partial charge in [-0.25, -0.2) is 14.8 Å². The number of nitrogens with zero attached hydrogens (tertiary/aromatic N) is 4. The number of ether oxygens (including phenoxy) is 1. The van der Waals surface area contributed by atoms with Gasteiger partial charge in [0.25, 0.3) is 0 Å². The van der Waals surface area contributed by atoms with Crippen molar-refractivity contribution in [2.45, 2.75) is 58.3 Å². The number of pyridine rings is 1. The minimum absolute atomic E-state index is 0.195. The number of carbonyl (C=O) groups is 2. The first-order chi connectivity index (χ1) is 15.3. The van der Waals surface area contributed by atoms with Crippen LogP contribution in [0.15, 0.2) is 48.7 Å². The van der Waals surface area contributed by atoms with Gasteiger partial charge < -0.3 is 14.6 Å². The molecule has 8 nitrogen and oxygen atoms in total. The largest absolute Gasteiger partial charge is 0.444 e. The summed E-state index contributed by atoms with van der Waals surface area (Å²) in [5.74, 6) is 0.525. The van der Waals surface area contributed by atoms with Gasteiger partial charge in [-0.05, 0) is 51.3 Å². The Labute approximate surface area is 187 Å². The van der Waals surface area contributed by atoms with Gasteiger partial charge in [0.2, 0.25) is 5.91 Å². The number of fused-ring (bicyclic) bond motifs is 1. The van der Waals surface area contributed by atoms with Gasteiger partial charge in [-0.2, -0.15) is 0 Å². The van der Waals surface area contributed by atoms with Crippen molar-refractivity contribution in [3.63, 3.8) is 0 Å². The van der Waals surface area contributed by atoms with Crippen LogP contribution in [0.4, 0.5) is 4.79 Å². The van der Waals surface area contributed by atoms with Gasteiger partial charge in [0, 0.05) is 12.7 Å². The molecule has 1 atom stereocenters. The van der Waals surface area contributed by atoms with Crippen LogP contribution in [0.1, 0.15) is 45.0 Å². The second-order valence-electron chi connectivity index (χ2n) is 9.00. The topological polar surface area (TPSA) is 89.3 Å². The predicted octanol–water partition coefficient (Wildman–Crippen LogP) is 3.50. The molecule has 1 aliphatic heterocycles. The average molecular weight is 436 g/mol. The van der Waals surface area contributed by atoms with Gasteiger partial charge in [0.05, 0.1) is 13.1 Å². The highest BCUT2D eigenvalue weighted by Crippen LogP contribution is 2.21. The van der Waals surface area contributed by atoms with E-state index in [1.165, 1.54) is 4.90 Å². The molecular formula is C24H29N5O3. The SMILES string of the molecule is CC(C)(C)OC(=O)N1CCC[C@@H]1C(=O)NCc1nc2cccnc2n1Cc1ccccc1. The fourth-order valence-electron chi connectivity index (χ4n) is 3.93. The summed E-state index contributed by atoms with van der Waals surface area (Å²) in [6.07, 6.45) is 2.68. The third kappa shape index (κ3) is 4.90. The molecule has 3 aromatic rings. The third-order valence-electron chi connectivity index (χ3n) is 5.37. The summed E-state index contributed by atoms with van der Waals surface area (Å²) in [7, 11) is 0. The van der Waals surface area contributed by atoms with Crippen molar-refractivity contribution in [3.05, 3.63) is 60.0 Å². The molecule has 0 radical (unpaired) electrons. The normalized spacial score (nSPS) is 16.3. The highest BCUT2D eigenvalue weighted by Gasteiger charge is 2.36. The highest BCUT2D eigenvalue weighted by atomic mass is 16.6. The van der Waals surface area contributed by atoms with Crippen molar-refractivity contribution in [3.8, 4) is 0 Å². The van der Waals surface area contributed by atoms with Crippen LogP contribution >= 0.6 is 0 Å². The van der Waals surface area contributed by atoms with E-state index in [1.54, 1.807) is 6.20 Å². The average Bonchev–Trinajstić information content (AvgIpc) is 3.37. The monoisotopic (exact) mass is 435 g/mol. The second-order valence-corrected chi connectivity index (χ2v) is 9.00. The van der Waals surface area contributed by atoms with Crippen molar-refractivity contribution in [2.75, 3.05) is 6.54 Å². The van der Waals surface area contributed by atoms with Gasteiger partial charge in [0.1, 0.15) is 23.0 Å². The van der Waals surface area contributed by atoms with Crippen LogP contribution in [0.2, 0.25) is 0 Å². The standard InChI is InChI=1S/C24H29N5O3/c1-24(2,3)32-23(31)28-14-8-12-19(28)22(30)26-15-20-27-18-11-7-13-25-21(18)29(20)16-17-9-5-4-6-10-17/h4-7,9-11,13,19H,8,12,14-16H2,1-3H3,(H,26,30)/t19-/m1/s1. The van der Waals surface area contributed by atoms with E-state index in [-0.39, 0.29) is 12.5 Å². The smallest absolute Gasteiger partial charge is 0.410 e. The Hall–Kier alpha value is -3.42. The molecule has 4 rings (SSSR count). The lowest BCUT2D eigenvalue weighted by atomic mass is 10.2. The number of nitrogens with one attached hydrogen (secondary N) is 1. The Balaban J connectivity index is 1.49. The fraction of sp³-hybridized carbons (Fsp3) is 0.417. The molecule has 8 heteroatoms. The van der Waals surface area contributed by atoms with E-state index < -0.39 is 17.7 Å². The predicted molar refractivity (Wildman–Crippen MR) is 121 cm³/mol. The third-order valence-corrected chi connectivity index (χ3v) is 5.37. The van der Waals surface area contributed by atoms with E-state index in [0.717, 1.165) is 29.0 Å². The van der Waals surface area contributed by atoms with Crippen LogP contribution in [-0.2, 0) is 22.6 Å².